The molecule has 0 aliphatic carbocycles. The summed E-state index contributed by atoms with van der Waals surface area (Å²) in [4.78, 5) is 18.4. The van der Waals surface area contributed by atoms with Crippen LogP contribution in [0.1, 0.15) is 49.6 Å². The smallest absolute Gasteiger partial charge is 0.229 e. The van der Waals surface area contributed by atoms with Crippen LogP contribution in [-0.2, 0) is 20.0 Å². The Morgan fingerprint density at radius 1 is 0.974 bits per heavy atom. The van der Waals surface area contributed by atoms with Crippen molar-refractivity contribution < 1.29 is 8.78 Å². The van der Waals surface area contributed by atoms with Crippen LogP contribution in [0.5, 0.6) is 0 Å². The number of hydrogen-bond acceptors (Lipinski definition) is 7. The van der Waals surface area contributed by atoms with Crippen LogP contribution in [0.25, 0.3) is 22.2 Å². The number of aromatic nitrogens is 5. The number of halogens is 2. The van der Waals surface area contributed by atoms with E-state index in [1.807, 2.05) is 19.9 Å². The van der Waals surface area contributed by atoms with Crippen molar-refractivity contribution in [1.29, 1.82) is 0 Å². The molecule has 204 valence electrons. The monoisotopic (exact) mass is 532 g/mol. The van der Waals surface area contributed by atoms with Gasteiger partial charge in [-0.1, -0.05) is 19.9 Å². The summed E-state index contributed by atoms with van der Waals surface area (Å²) in [6.45, 7) is 10.6. The Hall–Kier alpha value is -3.50. The van der Waals surface area contributed by atoms with E-state index in [4.69, 9.17) is 4.98 Å². The molecule has 1 saturated heterocycles. The van der Waals surface area contributed by atoms with Crippen LogP contribution < -0.4 is 5.32 Å². The minimum Gasteiger partial charge on any atom is -0.309 e. The first-order valence-corrected chi connectivity index (χ1v) is 13.8. The molecule has 8 nitrogen and oxygen atoms in total. The zero-order valence-corrected chi connectivity index (χ0v) is 22.7. The number of anilines is 2. The van der Waals surface area contributed by atoms with Crippen molar-refractivity contribution in [2.24, 2.45) is 7.05 Å². The Labute approximate surface area is 227 Å². The number of aryl methyl sites for hydroxylation is 1. The van der Waals surface area contributed by atoms with Crippen LogP contribution in [0.15, 0.2) is 30.5 Å². The van der Waals surface area contributed by atoms with Gasteiger partial charge in [0.1, 0.15) is 17.0 Å². The summed E-state index contributed by atoms with van der Waals surface area (Å²) in [6.07, 6.45) is 4.62. The molecule has 1 N–H and O–H groups in total. The van der Waals surface area contributed by atoms with Gasteiger partial charge in [-0.2, -0.15) is 5.10 Å². The first-order chi connectivity index (χ1) is 18.9. The van der Waals surface area contributed by atoms with E-state index in [0.29, 0.717) is 16.8 Å². The lowest BCUT2D eigenvalue weighted by Crippen LogP contribution is -2.37. The fourth-order valence-electron chi connectivity index (χ4n) is 5.86. The first kappa shape index (κ1) is 25.8. The van der Waals surface area contributed by atoms with Crippen molar-refractivity contribution in [3.8, 4) is 11.3 Å². The summed E-state index contributed by atoms with van der Waals surface area (Å²) in [5.41, 5.74) is 3.81. The quantitative estimate of drug-likeness (QED) is 0.358. The third kappa shape index (κ3) is 5.23. The van der Waals surface area contributed by atoms with E-state index < -0.39 is 11.6 Å². The number of nitrogens with zero attached hydrogens (tertiary/aromatic N) is 7. The van der Waals surface area contributed by atoms with Gasteiger partial charge in [0, 0.05) is 62.0 Å². The molecule has 5 heterocycles. The highest BCUT2D eigenvalue weighted by Crippen LogP contribution is 2.32. The standard InChI is InChI=1S/C29H34F2N8/c1-18(2)28-21-14-20(15-22(30)27(21)36-37(28)3)26-23(31)16-32-29(35-26)34-25-7-6-19-17-39(11-8-24(19)33-25)13-12-38-9-4-5-10-38/h6-7,14-16,18H,4-5,8-13,17H2,1-3H3,(H,32,33,34,35). The normalized spacial score (nSPS) is 16.4. The van der Waals surface area contributed by atoms with E-state index in [2.05, 4.69) is 36.2 Å². The minimum absolute atomic E-state index is 0.0264. The second-order valence-electron chi connectivity index (χ2n) is 10.9. The zero-order valence-electron chi connectivity index (χ0n) is 22.7. The molecule has 10 heteroatoms. The van der Waals surface area contributed by atoms with Crippen LogP contribution in [-0.4, -0.2) is 67.3 Å². The zero-order chi connectivity index (χ0) is 27.1. The van der Waals surface area contributed by atoms with Crippen molar-refractivity contribution in [3.63, 3.8) is 0 Å². The highest BCUT2D eigenvalue weighted by Gasteiger charge is 2.21. The Balaban J connectivity index is 1.21. The van der Waals surface area contributed by atoms with Crippen LogP contribution in [0.2, 0.25) is 0 Å². The van der Waals surface area contributed by atoms with Gasteiger partial charge in [-0.05, 0) is 55.6 Å². The SMILES string of the molecule is CC(C)c1c2cc(-c3nc(Nc4ccc5c(n4)CCN(CCN4CCCC4)C5)ncc3F)cc(F)c2nn1C. The molecular weight excluding hydrogens is 498 g/mol. The van der Waals surface area contributed by atoms with Crippen molar-refractivity contribution in [2.45, 2.75) is 45.6 Å². The maximum atomic E-state index is 15.0. The van der Waals surface area contributed by atoms with E-state index in [0.717, 1.165) is 50.2 Å². The fraction of sp³-hybridized carbons (Fsp3) is 0.448. The van der Waals surface area contributed by atoms with Gasteiger partial charge in [0.05, 0.1) is 6.20 Å². The van der Waals surface area contributed by atoms with Crippen molar-refractivity contribution >= 4 is 22.7 Å². The predicted molar refractivity (Wildman–Crippen MR) is 148 cm³/mol. The van der Waals surface area contributed by atoms with Crippen molar-refractivity contribution in [1.82, 2.24) is 34.5 Å². The molecule has 0 saturated carbocycles. The van der Waals surface area contributed by atoms with Gasteiger partial charge in [-0.3, -0.25) is 9.58 Å². The van der Waals surface area contributed by atoms with Gasteiger partial charge in [-0.25, -0.2) is 23.7 Å². The molecule has 1 fully saturated rings. The largest absolute Gasteiger partial charge is 0.309 e. The summed E-state index contributed by atoms with van der Waals surface area (Å²) in [5, 5.41) is 8.10. The topological polar surface area (TPSA) is 75.0 Å². The van der Waals surface area contributed by atoms with Gasteiger partial charge < -0.3 is 10.2 Å². The number of benzene rings is 1. The minimum atomic E-state index is -0.623. The molecular formula is C29H34F2N8. The average Bonchev–Trinajstić information content (AvgIpc) is 3.56. The second-order valence-corrected chi connectivity index (χ2v) is 10.9. The fourth-order valence-corrected chi connectivity index (χ4v) is 5.86. The molecule has 1 aromatic carbocycles. The molecule has 3 aromatic heterocycles. The third-order valence-corrected chi connectivity index (χ3v) is 7.80. The summed E-state index contributed by atoms with van der Waals surface area (Å²) in [7, 11) is 1.79. The van der Waals surface area contributed by atoms with E-state index in [9.17, 15) is 4.39 Å². The summed E-state index contributed by atoms with van der Waals surface area (Å²) >= 11 is 0. The molecule has 0 spiro atoms. The third-order valence-electron chi connectivity index (χ3n) is 7.80. The number of pyridine rings is 1. The molecule has 39 heavy (non-hydrogen) atoms. The lowest BCUT2D eigenvalue weighted by atomic mass is 10.0. The average molecular weight is 533 g/mol. The number of fused-ring (bicyclic) bond motifs is 2. The predicted octanol–water partition coefficient (Wildman–Crippen LogP) is 5.02. The Morgan fingerprint density at radius 2 is 1.77 bits per heavy atom. The van der Waals surface area contributed by atoms with Crippen LogP contribution in [0, 0.1) is 11.6 Å². The molecule has 0 bridgehead atoms. The van der Waals surface area contributed by atoms with Crippen LogP contribution in [0.4, 0.5) is 20.5 Å². The molecule has 0 radical (unpaired) electrons. The number of likely N-dealkylation sites (tertiary alicyclic amines) is 1. The molecule has 2 aliphatic heterocycles. The Kier molecular flexibility index (Phi) is 6.99. The maximum absolute atomic E-state index is 15.0. The first-order valence-electron chi connectivity index (χ1n) is 13.8. The number of rotatable bonds is 7. The lowest BCUT2D eigenvalue weighted by Gasteiger charge is -2.29. The van der Waals surface area contributed by atoms with Crippen molar-refractivity contribution in [2.75, 3.05) is 38.0 Å². The van der Waals surface area contributed by atoms with Crippen LogP contribution >= 0.6 is 0 Å². The molecule has 4 aromatic rings. The second kappa shape index (κ2) is 10.6. The maximum Gasteiger partial charge on any atom is 0.229 e. The molecule has 2 aliphatic rings. The Bertz CT molecular complexity index is 1510. The van der Waals surface area contributed by atoms with Crippen molar-refractivity contribution in [3.05, 3.63) is 59.0 Å². The molecule has 0 unspecified atom stereocenters. The highest BCUT2D eigenvalue weighted by atomic mass is 19.1. The van der Waals surface area contributed by atoms with Gasteiger partial charge in [0.25, 0.3) is 0 Å². The number of hydrogen-bond donors (Lipinski definition) is 1. The number of nitrogens with one attached hydrogen (secondary N) is 1. The Morgan fingerprint density at radius 3 is 2.56 bits per heavy atom. The van der Waals surface area contributed by atoms with E-state index in [1.165, 1.54) is 37.6 Å². The molecule has 6 rings (SSSR count). The lowest BCUT2D eigenvalue weighted by molar-refractivity contribution is 0.210. The summed E-state index contributed by atoms with van der Waals surface area (Å²) in [5.74, 6) is -0.204. The van der Waals surface area contributed by atoms with E-state index in [1.54, 1.807) is 17.8 Å². The van der Waals surface area contributed by atoms with E-state index >= 15 is 4.39 Å². The van der Waals surface area contributed by atoms with Gasteiger partial charge in [0.15, 0.2) is 11.6 Å². The highest BCUT2D eigenvalue weighted by molar-refractivity contribution is 5.87. The van der Waals surface area contributed by atoms with Gasteiger partial charge in [-0.15, -0.1) is 0 Å². The molecule has 0 atom stereocenters. The van der Waals surface area contributed by atoms with Gasteiger partial charge >= 0.3 is 0 Å². The molecule has 0 amide bonds. The van der Waals surface area contributed by atoms with Crippen LogP contribution in [0.3, 0.4) is 0 Å². The summed E-state index contributed by atoms with van der Waals surface area (Å²) in [6, 6.07) is 7.03. The van der Waals surface area contributed by atoms with E-state index in [-0.39, 0.29) is 23.1 Å². The van der Waals surface area contributed by atoms with Gasteiger partial charge in [0.2, 0.25) is 5.95 Å². The summed E-state index contributed by atoms with van der Waals surface area (Å²) < 4.78 is 31.6.